The monoisotopic (exact) mass is 274 g/mol. The van der Waals surface area contributed by atoms with Crippen LogP contribution in [-0.4, -0.2) is 56.7 Å². The van der Waals surface area contributed by atoms with Crippen LogP contribution in [0.4, 0.5) is 0 Å². The lowest BCUT2D eigenvalue weighted by molar-refractivity contribution is -0.0193. The minimum absolute atomic E-state index is 0.347. The van der Waals surface area contributed by atoms with Crippen molar-refractivity contribution < 1.29 is 4.74 Å². The van der Waals surface area contributed by atoms with Gasteiger partial charge >= 0.3 is 0 Å². The summed E-state index contributed by atoms with van der Waals surface area (Å²) in [7, 11) is 2.16. The predicted molar refractivity (Wildman–Crippen MR) is 76.3 cm³/mol. The maximum Gasteiger partial charge on any atom is 0.0826 e. The SMILES string of the molecule is CN1CCOC(CNCC2(CCl)CCCCC2)C1. The first kappa shape index (κ1) is 14.6. The second-order valence-electron chi connectivity index (χ2n) is 6.08. The minimum atomic E-state index is 0.347. The van der Waals surface area contributed by atoms with Crippen molar-refractivity contribution in [3.63, 3.8) is 0 Å². The van der Waals surface area contributed by atoms with Crippen LogP contribution in [0, 0.1) is 5.41 Å². The molecule has 0 spiro atoms. The zero-order chi connectivity index (χ0) is 12.8. The van der Waals surface area contributed by atoms with E-state index in [1.807, 2.05) is 0 Å². The van der Waals surface area contributed by atoms with Gasteiger partial charge in [-0.1, -0.05) is 19.3 Å². The fraction of sp³-hybridized carbons (Fsp3) is 1.00. The maximum atomic E-state index is 6.20. The molecule has 1 saturated carbocycles. The fourth-order valence-electron chi connectivity index (χ4n) is 3.15. The molecule has 2 fully saturated rings. The van der Waals surface area contributed by atoms with Gasteiger partial charge in [0.05, 0.1) is 12.7 Å². The number of rotatable bonds is 5. The molecule has 18 heavy (non-hydrogen) atoms. The molecule has 0 aromatic heterocycles. The van der Waals surface area contributed by atoms with Gasteiger partial charge in [-0.2, -0.15) is 0 Å². The van der Waals surface area contributed by atoms with Crippen molar-refractivity contribution >= 4 is 11.6 Å². The van der Waals surface area contributed by atoms with Gasteiger partial charge in [0.1, 0.15) is 0 Å². The van der Waals surface area contributed by atoms with E-state index in [-0.39, 0.29) is 0 Å². The first-order chi connectivity index (χ1) is 8.74. The van der Waals surface area contributed by atoms with Gasteiger partial charge in [0, 0.05) is 32.1 Å². The van der Waals surface area contributed by atoms with E-state index in [9.17, 15) is 0 Å². The van der Waals surface area contributed by atoms with Gasteiger partial charge in [0.25, 0.3) is 0 Å². The third-order valence-corrected chi connectivity index (χ3v) is 4.98. The van der Waals surface area contributed by atoms with E-state index < -0.39 is 0 Å². The summed E-state index contributed by atoms with van der Waals surface area (Å²) in [5.74, 6) is 0.797. The van der Waals surface area contributed by atoms with Gasteiger partial charge in [0.15, 0.2) is 0 Å². The van der Waals surface area contributed by atoms with Crippen LogP contribution in [0.15, 0.2) is 0 Å². The lowest BCUT2D eigenvalue weighted by atomic mass is 9.75. The highest BCUT2D eigenvalue weighted by Gasteiger charge is 2.31. The summed E-state index contributed by atoms with van der Waals surface area (Å²) in [5, 5.41) is 3.60. The second-order valence-corrected chi connectivity index (χ2v) is 6.35. The summed E-state index contributed by atoms with van der Waals surface area (Å²) in [6, 6.07) is 0. The summed E-state index contributed by atoms with van der Waals surface area (Å²) in [4.78, 5) is 2.34. The number of nitrogens with one attached hydrogen (secondary N) is 1. The number of morpholine rings is 1. The molecule has 0 aromatic rings. The molecule has 3 nitrogen and oxygen atoms in total. The smallest absolute Gasteiger partial charge is 0.0826 e. The zero-order valence-corrected chi connectivity index (χ0v) is 12.3. The Balaban J connectivity index is 1.69. The Hall–Kier alpha value is 0.170. The molecular weight excluding hydrogens is 248 g/mol. The topological polar surface area (TPSA) is 24.5 Å². The molecule has 0 aromatic carbocycles. The highest BCUT2D eigenvalue weighted by molar-refractivity contribution is 6.18. The molecule has 2 aliphatic rings. The van der Waals surface area contributed by atoms with Crippen LogP contribution in [0.1, 0.15) is 32.1 Å². The molecule has 0 amide bonds. The van der Waals surface area contributed by atoms with E-state index in [2.05, 4.69) is 17.3 Å². The average molecular weight is 275 g/mol. The summed E-state index contributed by atoms with van der Waals surface area (Å²) in [6.07, 6.45) is 6.99. The predicted octanol–water partition coefficient (Wildman–Crippen LogP) is 2.10. The van der Waals surface area contributed by atoms with Gasteiger partial charge in [-0.25, -0.2) is 0 Å². The molecule has 1 N–H and O–H groups in total. The Morgan fingerprint density at radius 1 is 1.33 bits per heavy atom. The van der Waals surface area contributed by atoms with Crippen molar-refractivity contribution in [2.24, 2.45) is 5.41 Å². The Morgan fingerprint density at radius 2 is 2.11 bits per heavy atom. The molecule has 1 aliphatic heterocycles. The van der Waals surface area contributed by atoms with Crippen LogP contribution < -0.4 is 5.32 Å². The van der Waals surface area contributed by atoms with Gasteiger partial charge < -0.3 is 15.0 Å². The van der Waals surface area contributed by atoms with E-state index in [0.717, 1.165) is 38.7 Å². The lowest BCUT2D eigenvalue weighted by Crippen LogP contribution is -2.47. The first-order valence-corrected chi connectivity index (χ1v) is 7.84. The van der Waals surface area contributed by atoms with Crippen LogP contribution in [0.25, 0.3) is 0 Å². The number of ether oxygens (including phenoxy) is 1. The lowest BCUT2D eigenvalue weighted by Gasteiger charge is -2.37. The quantitative estimate of drug-likeness (QED) is 0.777. The highest BCUT2D eigenvalue weighted by atomic mass is 35.5. The molecule has 1 aliphatic carbocycles. The normalized spacial score (nSPS) is 29.3. The summed E-state index contributed by atoms with van der Waals surface area (Å²) in [5.41, 5.74) is 0.348. The maximum absolute atomic E-state index is 6.20. The van der Waals surface area contributed by atoms with Gasteiger partial charge in [-0.05, 0) is 25.3 Å². The van der Waals surface area contributed by atoms with Gasteiger partial charge in [-0.3, -0.25) is 0 Å². The standard InChI is InChI=1S/C14H27ClN2O/c1-17-7-8-18-13(10-17)9-16-12-14(11-15)5-3-2-4-6-14/h13,16H,2-12H2,1H3. The van der Waals surface area contributed by atoms with Crippen LogP contribution in [0.3, 0.4) is 0 Å². The minimum Gasteiger partial charge on any atom is -0.374 e. The third kappa shape index (κ3) is 4.09. The van der Waals surface area contributed by atoms with Crippen LogP contribution in [0.2, 0.25) is 0 Å². The number of hydrogen-bond donors (Lipinski definition) is 1. The Labute approximate surface area is 116 Å². The molecule has 106 valence electrons. The van der Waals surface area contributed by atoms with Crippen LogP contribution in [0.5, 0.6) is 0 Å². The van der Waals surface area contributed by atoms with E-state index in [1.54, 1.807) is 0 Å². The fourth-order valence-corrected chi connectivity index (χ4v) is 3.51. The number of nitrogens with zero attached hydrogens (tertiary/aromatic N) is 1. The van der Waals surface area contributed by atoms with Crippen molar-refractivity contribution in [1.82, 2.24) is 10.2 Å². The van der Waals surface area contributed by atoms with Crippen LogP contribution >= 0.6 is 11.6 Å². The average Bonchev–Trinajstić information content (AvgIpc) is 2.40. The molecule has 1 heterocycles. The first-order valence-electron chi connectivity index (χ1n) is 7.31. The van der Waals surface area contributed by atoms with Crippen LogP contribution in [-0.2, 0) is 4.74 Å². The van der Waals surface area contributed by atoms with Gasteiger partial charge in [0.2, 0.25) is 0 Å². The van der Waals surface area contributed by atoms with Crippen molar-refractivity contribution in [2.75, 3.05) is 45.7 Å². The Kier molecular flexibility index (Phi) is 5.74. The number of likely N-dealkylation sites (N-methyl/N-ethyl adjacent to an activating group) is 1. The summed E-state index contributed by atoms with van der Waals surface area (Å²) in [6.45, 7) is 4.98. The molecule has 1 saturated heterocycles. The molecule has 1 atom stereocenters. The summed E-state index contributed by atoms with van der Waals surface area (Å²) >= 11 is 6.20. The number of hydrogen-bond acceptors (Lipinski definition) is 3. The van der Waals surface area contributed by atoms with Crippen molar-refractivity contribution in [1.29, 1.82) is 0 Å². The molecule has 1 unspecified atom stereocenters. The summed E-state index contributed by atoms with van der Waals surface area (Å²) < 4.78 is 5.77. The highest BCUT2D eigenvalue weighted by Crippen LogP contribution is 2.36. The number of halogens is 1. The zero-order valence-electron chi connectivity index (χ0n) is 11.6. The Bertz CT molecular complexity index is 244. The van der Waals surface area contributed by atoms with E-state index in [1.165, 1.54) is 32.1 Å². The largest absolute Gasteiger partial charge is 0.374 e. The van der Waals surface area contributed by atoms with Gasteiger partial charge in [-0.15, -0.1) is 11.6 Å². The van der Waals surface area contributed by atoms with Crippen molar-refractivity contribution in [3.8, 4) is 0 Å². The van der Waals surface area contributed by atoms with Crippen molar-refractivity contribution in [3.05, 3.63) is 0 Å². The molecule has 2 rings (SSSR count). The van der Waals surface area contributed by atoms with E-state index in [4.69, 9.17) is 16.3 Å². The molecule has 0 radical (unpaired) electrons. The molecular formula is C14H27ClN2O. The third-order valence-electron chi connectivity index (χ3n) is 4.41. The number of alkyl halides is 1. The second kappa shape index (κ2) is 7.09. The Morgan fingerprint density at radius 3 is 2.78 bits per heavy atom. The van der Waals surface area contributed by atoms with Crippen molar-refractivity contribution in [2.45, 2.75) is 38.2 Å². The molecule has 0 bridgehead atoms. The van der Waals surface area contributed by atoms with E-state index in [0.29, 0.717) is 11.5 Å². The van der Waals surface area contributed by atoms with E-state index >= 15 is 0 Å². The molecule has 4 heteroatoms.